The summed E-state index contributed by atoms with van der Waals surface area (Å²) >= 11 is 19.7. The Morgan fingerprint density at radius 1 is 0.324 bits per heavy atom. The molecule has 68 heavy (non-hydrogen) atoms. The Labute approximate surface area is 511 Å². The molecule has 0 rings (SSSR count). The second kappa shape index (κ2) is 49.2. The molecule has 0 aliphatic heterocycles. The molecule has 424 valence electrons. The van der Waals surface area contributed by atoms with E-state index in [1.807, 2.05) is 0 Å². The van der Waals surface area contributed by atoms with Gasteiger partial charge in [-0.3, -0.25) is 0 Å². The van der Waals surface area contributed by atoms with Crippen LogP contribution in [-0.2, 0) is 135 Å². The van der Waals surface area contributed by atoms with Gasteiger partial charge in [0.15, 0.2) is 0 Å². The molecule has 6 nitrogen and oxygen atoms in total. The third-order valence-electron chi connectivity index (χ3n) is 10.8. The molecule has 0 aliphatic rings. The molecule has 0 aromatic heterocycles. The summed E-state index contributed by atoms with van der Waals surface area (Å²) in [6, 6.07) is -0.0231. The van der Waals surface area contributed by atoms with Crippen molar-refractivity contribution >= 4 is 50.5 Å². The van der Waals surface area contributed by atoms with Crippen LogP contribution >= 0.6 is 0 Å². The van der Waals surface area contributed by atoms with Crippen molar-refractivity contribution < 1.29 is 84.3 Å². The molecule has 0 aliphatic carbocycles. The zero-order valence-corrected chi connectivity index (χ0v) is 60.8. The van der Waals surface area contributed by atoms with Gasteiger partial charge in [-0.2, -0.15) is 85.3 Å². The van der Waals surface area contributed by atoms with Crippen molar-refractivity contribution in [3.05, 3.63) is 75.9 Å². The van der Waals surface area contributed by atoms with Gasteiger partial charge in [-0.15, -0.1) is 0 Å². The maximum atomic E-state index is 7.41. The molecule has 0 bridgehead atoms. The minimum absolute atomic E-state index is 0. The van der Waals surface area contributed by atoms with E-state index in [9.17, 15) is 0 Å². The van der Waals surface area contributed by atoms with Gasteiger partial charge < -0.3 is 126 Å². The van der Waals surface area contributed by atoms with E-state index < -0.39 is 0 Å². The van der Waals surface area contributed by atoms with Crippen LogP contribution in [0.4, 0.5) is 0 Å². The predicted octanol–water partition coefficient (Wildman–Crippen LogP) is 18.5. The topological polar surface area (TPSA) is 143 Å². The Morgan fingerprint density at radius 3 is 0.485 bits per heavy atom. The van der Waals surface area contributed by atoms with E-state index in [4.69, 9.17) is 84.9 Å². The van der Waals surface area contributed by atoms with Crippen molar-refractivity contribution in [3.8, 4) is 0 Å². The van der Waals surface area contributed by atoms with Crippen LogP contribution in [0.3, 0.4) is 0 Å². The summed E-state index contributed by atoms with van der Waals surface area (Å²) in [5.41, 5.74) is 44.2. The van der Waals surface area contributed by atoms with E-state index in [0.717, 1.165) is 11.5 Å². The van der Waals surface area contributed by atoms with E-state index in [1.165, 1.54) is 0 Å². The van der Waals surface area contributed by atoms with Crippen LogP contribution in [0.25, 0.3) is 34.4 Å². The van der Waals surface area contributed by atoms with E-state index >= 15 is 0 Å². The summed E-state index contributed by atoms with van der Waals surface area (Å²) in [5.74, 6) is 2.90. The van der Waals surface area contributed by atoms with Crippen molar-refractivity contribution in [3.63, 3.8) is 0 Å². The monoisotopic (exact) mass is 1750 g/mol. The van der Waals surface area contributed by atoms with Gasteiger partial charge in [0.05, 0.1) is 0 Å². The standard InChI is InChI=1S/4C7H15N.2C7H15S.2C6H14NS.4Pt/c2*1-6(5-8)7(2,3)4;2*1-5-6(8)7(2,3)4;2*1-6(5-8)7(2,3)4;2*1-6(2,3)5(8)4-7;;;;/h6*6,8H,1,5H2,2-4H3;2*5,7-8H,4H2,1-3H3;;;;/q4*-2;4*-1;4*+4/p-4. The Morgan fingerprint density at radius 2 is 0.485 bits per heavy atom. The van der Waals surface area contributed by atoms with Gasteiger partial charge in [-0.25, -0.2) is 11.5 Å². The summed E-state index contributed by atoms with van der Waals surface area (Å²) in [5, 5.41) is 0.199. The fourth-order valence-corrected chi connectivity index (χ4v) is 3.59. The molecule has 0 aromatic rings. The van der Waals surface area contributed by atoms with Gasteiger partial charge in [0, 0.05) is 0 Å². The van der Waals surface area contributed by atoms with E-state index in [1.54, 1.807) is 0 Å². The molecule has 0 saturated carbocycles. The molecule has 0 spiro atoms. The Balaban J connectivity index is -0.0000000523. The summed E-state index contributed by atoms with van der Waals surface area (Å²) in [6.45, 7) is 74.9. The minimum atomic E-state index is -0.0116. The molecular formula is C54H114N6Pt4S4. The molecule has 8 atom stereocenters. The van der Waals surface area contributed by atoms with Crippen LogP contribution in [0.1, 0.15) is 179 Å². The van der Waals surface area contributed by atoms with Gasteiger partial charge >= 0.3 is 84.3 Å². The van der Waals surface area contributed by atoms with Crippen molar-refractivity contribution in [1.29, 1.82) is 0 Å². The van der Waals surface area contributed by atoms with E-state index in [-0.39, 0.29) is 151 Å². The zero-order chi connectivity index (χ0) is 54.3. The Hall–Kier alpha value is 3.91. The average Bonchev–Trinajstić information content (AvgIpc) is 3.13. The molecule has 0 heterocycles. The number of hydrogen-bond acceptors (Lipinski definition) is 4. The smallest absolute Gasteiger partial charge is 0.795 e. The normalized spacial score (nSPS) is 15.2. The van der Waals surface area contributed by atoms with Gasteiger partial charge in [0.1, 0.15) is 0 Å². The van der Waals surface area contributed by atoms with Crippen LogP contribution in [0, 0.1) is 109 Å². The maximum Gasteiger partial charge on any atom is 4.00 e. The van der Waals surface area contributed by atoms with Gasteiger partial charge in [-0.1, -0.05) is 209 Å². The molecule has 0 amide bonds. The molecule has 14 heteroatoms. The first-order valence-corrected chi connectivity index (χ1v) is 25.3. The summed E-state index contributed by atoms with van der Waals surface area (Å²) < 4.78 is 0. The summed E-state index contributed by atoms with van der Waals surface area (Å²) in [7, 11) is 0. The fraction of sp³-hybridized carbons (Fsp3) is 0.889. The van der Waals surface area contributed by atoms with Gasteiger partial charge in [0.25, 0.3) is 0 Å². The summed E-state index contributed by atoms with van der Waals surface area (Å²) in [4.78, 5) is 0. The molecule has 6 N–H and O–H groups in total. The van der Waals surface area contributed by atoms with Gasteiger partial charge in [-0.05, 0) is 0 Å². The predicted molar refractivity (Wildman–Crippen MR) is 311 cm³/mol. The zero-order valence-electron chi connectivity index (χ0n) is 48.4. The number of nitrogens with one attached hydrogen (secondary N) is 6. The molecule has 8 unspecified atom stereocenters. The molecular weight excluding hydrogens is 1640 g/mol. The van der Waals surface area contributed by atoms with Crippen LogP contribution in [-0.4, -0.2) is 60.3 Å². The third-order valence-corrected chi connectivity index (χ3v) is 13.3. The first kappa shape index (κ1) is 101. The van der Waals surface area contributed by atoms with Crippen molar-refractivity contribution in [2.75, 3.05) is 37.7 Å². The van der Waals surface area contributed by atoms with Crippen LogP contribution < -0.4 is 0 Å². The van der Waals surface area contributed by atoms with Crippen LogP contribution in [0.15, 0.2) is 0 Å². The third kappa shape index (κ3) is 72.0. The second-order valence-electron chi connectivity index (χ2n) is 25.5. The van der Waals surface area contributed by atoms with Crippen molar-refractivity contribution in [1.82, 2.24) is 0 Å². The van der Waals surface area contributed by atoms with E-state index in [0.29, 0.717) is 61.7 Å². The SMILES string of the molecule is CC(C)(C)C([S-])C[NH-].CC(C)(C)C([S-])C[NH-].[CH2-]C(C[NH-])C(C)(C)C.[CH2-]C(C[NH-])C(C)(C)C.[CH2-]C(C[S-])C(C)(C)C.[CH2-]C(C[S-])C(C)(C)C.[CH2-]CC([NH-])C(C)(C)C.[CH2-]CC([NH-])C(C)(C)C.[Pt+4].[Pt+4].[Pt+4].[Pt+4]. The maximum absolute atomic E-state index is 7.41. The van der Waals surface area contributed by atoms with Gasteiger partial charge in [0.2, 0.25) is 0 Å². The van der Waals surface area contributed by atoms with Crippen LogP contribution in [0.5, 0.6) is 0 Å². The molecule has 0 fully saturated rings. The van der Waals surface area contributed by atoms with Crippen molar-refractivity contribution in [2.45, 2.75) is 202 Å². The summed E-state index contributed by atoms with van der Waals surface area (Å²) in [6.07, 6.45) is 1.42. The molecule has 0 saturated heterocycles. The molecule has 0 radical (unpaired) electrons. The first-order chi connectivity index (χ1) is 27.9. The Bertz CT molecular complexity index is 767. The number of rotatable bonds is 8. The average molecular weight is 1760 g/mol. The van der Waals surface area contributed by atoms with Crippen molar-refractivity contribution in [2.24, 2.45) is 67.0 Å². The number of hydrogen-bond donors (Lipinski definition) is 0. The largest absolute Gasteiger partial charge is 4.00 e. The molecule has 0 aromatic carbocycles. The van der Waals surface area contributed by atoms with E-state index in [2.05, 4.69) is 208 Å². The first-order valence-electron chi connectivity index (χ1n) is 23.2. The quantitative estimate of drug-likeness (QED) is 0.176. The second-order valence-corrected chi connectivity index (χ2v) is 27.3. The minimum Gasteiger partial charge on any atom is -0.795 e. The fourth-order valence-electron chi connectivity index (χ4n) is 2.59. The Kier molecular flexibility index (Phi) is 72.9. The van der Waals surface area contributed by atoms with Crippen LogP contribution in [0.2, 0.25) is 0 Å².